The third-order valence-electron chi connectivity index (χ3n) is 6.87. The van der Waals surface area contributed by atoms with E-state index in [1.165, 1.54) is 12.0 Å². The maximum Gasteiger partial charge on any atom is 0.233 e. The third kappa shape index (κ3) is 1.97. The maximum absolute atomic E-state index is 13.7. The Morgan fingerprint density at radius 3 is 2.57 bits per heavy atom. The molecule has 1 aromatic rings. The predicted molar refractivity (Wildman–Crippen MR) is 92.8 cm³/mol. The molecule has 3 atom stereocenters. The standard InChI is InChI=1S/C20H24ClNO/c1-13-6-16-4-2-3-5-17(16)22(13)18(23)19-8-14-7-15(9-19)11-20(21,10-14)12-19/h2-5,13-15H,6-12H2,1H3/t13-,14-,15-,19?,20?/m0/s1. The molecule has 6 rings (SSSR count). The van der Waals surface area contributed by atoms with E-state index in [0.717, 1.165) is 44.2 Å². The molecule has 0 radical (unpaired) electrons. The fraction of sp³-hybridized carbons (Fsp3) is 0.650. The van der Waals surface area contributed by atoms with E-state index in [1.54, 1.807) is 0 Å². The Bertz CT molecular complexity index is 670. The van der Waals surface area contributed by atoms with E-state index in [9.17, 15) is 4.79 Å². The molecule has 0 saturated heterocycles. The van der Waals surface area contributed by atoms with E-state index < -0.39 is 0 Å². The highest BCUT2D eigenvalue weighted by molar-refractivity contribution is 6.24. The minimum atomic E-state index is -0.183. The van der Waals surface area contributed by atoms with Crippen LogP contribution in [0.15, 0.2) is 24.3 Å². The van der Waals surface area contributed by atoms with E-state index in [0.29, 0.717) is 17.7 Å². The first-order chi connectivity index (χ1) is 11.0. The molecule has 1 heterocycles. The molecule has 4 saturated carbocycles. The average Bonchev–Trinajstić information content (AvgIpc) is 2.79. The summed E-state index contributed by atoms with van der Waals surface area (Å²) in [5.74, 6) is 1.71. The molecule has 1 aromatic carbocycles. The van der Waals surface area contributed by atoms with Crippen LogP contribution in [0.4, 0.5) is 5.69 Å². The number of rotatable bonds is 1. The highest BCUT2D eigenvalue weighted by Gasteiger charge is 2.61. The number of carbonyl (C=O) groups excluding carboxylic acids is 1. The minimum absolute atomic E-state index is 0.0950. The molecule has 23 heavy (non-hydrogen) atoms. The van der Waals surface area contributed by atoms with Gasteiger partial charge in [0.05, 0.1) is 5.41 Å². The number of carbonyl (C=O) groups is 1. The van der Waals surface area contributed by atoms with Gasteiger partial charge in [0.25, 0.3) is 0 Å². The van der Waals surface area contributed by atoms with Crippen LogP contribution in [0.1, 0.15) is 51.0 Å². The molecule has 0 unspecified atom stereocenters. The molecule has 4 aliphatic carbocycles. The lowest BCUT2D eigenvalue weighted by atomic mass is 9.49. The van der Waals surface area contributed by atoms with Crippen molar-refractivity contribution in [3.05, 3.63) is 29.8 Å². The third-order valence-corrected chi connectivity index (χ3v) is 7.31. The molecular formula is C20H24ClNO. The summed E-state index contributed by atoms with van der Waals surface area (Å²) in [4.78, 5) is 15.7. The van der Waals surface area contributed by atoms with Gasteiger partial charge in [-0.25, -0.2) is 0 Å². The van der Waals surface area contributed by atoms with E-state index >= 15 is 0 Å². The summed E-state index contributed by atoms with van der Waals surface area (Å²) in [5, 5.41) is 0. The first-order valence-electron chi connectivity index (χ1n) is 9.09. The van der Waals surface area contributed by atoms with Crippen LogP contribution >= 0.6 is 11.6 Å². The summed E-state index contributed by atoms with van der Waals surface area (Å²) >= 11 is 6.94. The van der Waals surface area contributed by atoms with Gasteiger partial charge in [0.15, 0.2) is 0 Å². The molecule has 1 amide bonds. The summed E-state index contributed by atoms with van der Waals surface area (Å²) in [5.41, 5.74) is 2.28. The van der Waals surface area contributed by atoms with Gasteiger partial charge in [-0.05, 0) is 75.3 Å². The summed E-state index contributed by atoms with van der Waals surface area (Å²) in [6.45, 7) is 2.19. The van der Waals surface area contributed by atoms with Crippen LogP contribution in [0.25, 0.3) is 0 Å². The second-order valence-corrected chi connectivity index (χ2v) is 9.55. The summed E-state index contributed by atoms with van der Waals surface area (Å²) in [7, 11) is 0. The first-order valence-corrected chi connectivity index (χ1v) is 9.46. The number of alkyl halides is 1. The van der Waals surface area contributed by atoms with Crippen molar-refractivity contribution in [1.29, 1.82) is 0 Å². The zero-order valence-electron chi connectivity index (χ0n) is 13.7. The highest BCUT2D eigenvalue weighted by Crippen LogP contribution is 2.64. The summed E-state index contributed by atoms with van der Waals surface area (Å²) in [6, 6.07) is 8.70. The molecular weight excluding hydrogens is 306 g/mol. The van der Waals surface area contributed by atoms with Gasteiger partial charge in [0, 0.05) is 16.6 Å². The molecule has 1 aliphatic heterocycles. The molecule has 4 bridgehead atoms. The van der Waals surface area contributed by atoms with Gasteiger partial charge in [-0.2, -0.15) is 0 Å². The number of hydrogen-bond acceptors (Lipinski definition) is 1. The van der Waals surface area contributed by atoms with Crippen molar-refractivity contribution >= 4 is 23.2 Å². The van der Waals surface area contributed by atoms with Gasteiger partial charge < -0.3 is 4.90 Å². The Morgan fingerprint density at radius 1 is 1.17 bits per heavy atom. The maximum atomic E-state index is 13.7. The molecule has 0 aromatic heterocycles. The molecule has 2 nitrogen and oxygen atoms in total. The topological polar surface area (TPSA) is 20.3 Å². The number of para-hydroxylation sites is 1. The lowest BCUT2D eigenvalue weighted by Crippen LogP contribution is -2.59. The zero-order valence-corrected chi connectivity index (χ0v) is 14.5. The fourth-order valence-corrected chi connectivity index (χ4v) is 7.22. The van der Waals surface area contributed by atoms with Crippen LogP contribution in [-0.4, -0.2) is 16.8 Å². The van der Waals surface area contributed by atoms with E-state index in [-0.39, 0.29) is 16.3 Å². The van der Waals surface area contributed by atoms with Crippen LogP contribution in [0.2, 0.25) is 0 Å². The Hall–Kier alpha value is -1.02. The van der Waals surface area contributed by atoms with Crippen molar-refractivity contribution in [3.63, 3.8) is 0 Å². The molecule has 122 valence electrons. The molecule has 4 fully saturated rings. The minimum Gasteiger partial charge on any atom is -0.309 e. The Balaban J connectivity index is 1.54. The molecule has 0 N–H and O–H groups in total. The van der Waals surface area contributed by atoms with Gasteiger partial charge in [0.2, 0.25) is 5.91 Å². The quantitative estimate of drug-likeness (QED) is 0.692. The molecule has 0 spiro atoms. The normalized spacial score (nSPS) is 43.7. The number of halogens is 1. The largest absolute Gasteiger partial charge is 0.309 e. The fourth-order valence-electron chi connectivity index (χ4n) is 6.53. The van der Waals surface area contributed by atoms with Crippen LogP contribution in [0.3, 0.4) is 0 Å². The Kier molecular flexibility index (Phi) is 2.83. The van der Waals surface area contributed by atoms with E-state index in [1.807, 2.05) is 0 Å². The number of anilines is 1. The number of nitrogens with zero attached hydrogens (tertiary/aromatic N) is 1. The number of fused-ring (bicyclic) bond motifs is 1. The van der Waals surface area contributed by atoms with Gasteiger partial charge in [-0.3, -0.25) is 4.79 Å². The van der Waals surface area contributed by atoms with Crippen LogP contribution in [-0.2, 0) is 11.2 Å². The molecule has 5 aliphatic rings. The van der Waals surface area contributed by atoms with Gasteiger partial charge in [0.1, 0.15) is 0 Å². The van der Waals surface area contributed by atoms with Crippen LogP contribution in [0, 0.1) is 17.3 Å². The van der Waals surface area contributed by atoms with Crippen molar-refractivity contribution in [2.24, 2.45) is 17.3 Å². The number of amides is 1. The van der Waals surface area contributed by atoms with E-state index in [2.05, 4.69) is 36.1 Å². The smallest absolute Gasteiger partial charge is 0.233 e. The molecule has 3 heteroatoms. The first kappa shape index (κ1) is 14.3. The lowest BCUT2D eigenvalue weighted by molar-refractivity contribution is -0.142. The van der Waals surface area contributed by atoms with Crippen molar-refractivity contribution in [1.82, 2.24) is 0 Å². The van der Waals surface area contributed by atoms with Crippen molar-refractivity contribution < 1.29 is 4.79 Å². The second kappa shape index (κ2) is 4.53. The second-order valence-electron chi connectivity index (χ2n) is 8.75. The summed E-state index contributed by atoms with van der Waals surface area (Å²) in [6.07, 6.45) is 7.59. The van der Waals surface area contributed by atoms with Crippen LogP contribution < -0.4 is 4.90 Å². The van der Waals surface area contributed by atoms with Crippen molar-refractivity contribution in [2.75, 3.05) is 4.90 Å². The zero-order chi connectivity index (χ0) is 15.8. The van der Waals surface area contributed by atoms with E-state index in [4.69, 9.17) is 11.6 Å². The lowest BCUT2D eigenvalue weighted by Gasteiger charge is -2.59. The number of benzene rings is 1. The van der Waals surface area contributed by atoms with Crippen molar-refractivity contribution in [3.8, 4) is 0 Å². The van der Waals surface area contributed by atoms with Gasteiger partial charge in [-0.1, -0.05) is 18.2 Å². The highest BCUT2D eigenvalue weighted by atomic mass is 35.5. The Labute approximate surface area is 143 Å². The SMILES string of the molecule is C[C@H]1Cc2ccccc2N1C(=O)C12C[C@@H]3C[C@H](CC(Cl)(C3)C1)C2. The van der Waals surface area contributed by atoms with Crippen molar-refractivity contribution in [2.45, 2.75) is 62.8 Å². The average molecular weight is 330 g/mol. The monoisotopic (exact) mass is 329 g/mol. The Morgan fingerprint density at radius 2 is 1.87 bits per heavy atom. The summed E-state index contributed by atoms with van der Waals surface area (Å²) < 4.78 is 0. The van der Waals surface area contributed by atoms with Gasteiger partial charge in [-0.15, -0.1) is 11.6 Å². The number of hydrogen-bond donors (Lipinski definition) is 0. The predicted octanol–water partition coefficient (Wildman–Crippen LogP) is 4.54. The van der Waals surface area contributed by atoms with Gasteiger partial charge >= 0.3 is 0 Å². The van der Waals surface area contributed by atoms with Crippen LogP contribution in [0.5, 0.6) is 0 Å².